The summed E-state index contributed by atoms with van der Waals surface area (Å²) in [5.74, 6) is 0.608. The summed E-state index contributed by atoms with van der Waals surface area (Å²) in [5.41, 5.74) is 0.690. The van der Waals surface area contributed by atoms with Crippen LogP contribution in [0.15, 0.2) is 29.6 Å². The molecule has 0 saturated heterocycles. The van der Waals surface area contributed by atoms with Crippen LogP contribution in [0.1, 0.15) is 32.3 Å². The minimum Gasteiger partial charge on any atom is -1.00 e. The van der Waals surface area contributed by atoms with Gasteiger partial charge in [0.2, 0.25) is 0 Å². The van der Waals surface area contributed by atoms with Crippen molar-refractivity contribution in [2.45, 2.75) is 12.8 Å². The largest absolute Gasteiger partial charge is 1.00 e. The molecule has 2 N–H and O–H groups in total. The van der Waals surface area contributed by atoms with E-state index in [4.69, 9.17) is 0 Å². The zero-order chi connectivity index (χ0) is 20.5. The molecule has 0 fully saturated rings. The van der Waals surface area contributed by atoms with Crippen molar-refractivity contribution >= 4 is 39.7 Å². The number of nitrogens with one attached hydrogen (secondary N) is 2. The number of benzene rings is 1. The molecule has 29 heavy (non-hydrogen) atoms. The van der Waals surface area contributed by atoms with Crippen LogP contribution in [0.4, 0.5) is 5.69 Å². The van der Waals surface area contributed by atoms with E-state index in [1.54, 1.807) is 5.38 Å². The maximum atomic E-state index is 12.1. The lowest BCUT2D eigenvalue weighted by molar-refractivity contribution is -0.384. The number of rotatable bonds is 10. The Balaban J connectivity index is 0.00000420. The minimum atomic E-state index is -0.511. The summed E-state index contributed by atoms with van der Waals surface area (Å²) in [4.78, 5) is 38.6. The van der Waals surface area contributed by atoms with Gasteiger partial charge in [-0.3, -0.25) is 19.7 Å². The van der Waals surface area contributed by atoms with Crippen LogP contribution in [-0.2, 0) is 17.3 Å². The van der Waals surface area contributed by atoms with Gasteiger partial charge in [-0.2, -0.15) is 0 Å². The van der Waals surface area contributed by atoms with Gasteiger partial charge in [-0.1, -0.05) is 0 Å². The first-order chi connectivity index (χ1) is 13.4. The number of hydrogen-bond donors (Lipinski definition) is 2. The molecule has 2 aromatic rings. The quantitative estimate of drug-likeness (QED) is 0.206. The molecule has 0 bridgehead atoms. The summed E-state index contributed by atoms with van der Waals surface area (Å²) in [6, 6.07) is 5.42. The van der Waals surface area contributed by atoms with Crippen LogP contribution < -0.4 is 23.0 Å². The van der Waals surface area contributed by atoms with Crippen LogP contribution >= 0.6 is 11.3 Å². The molecule has 11 heteroatoms. The molecule has 2 amide bonds. The van der Waals surface area contributed by atoms with Crippen molar-refractivity contribution in [3.05, 3.63) is 56.0 Å². The van der Waals surface area contributed by atoms with Crippen LogP contribution in [-0.4, -0.2) is 53.1 Å². The number of halogens is 1. The fourth-order valence-corrected chi connectivity index (χ4v) is 3.80. The Bertz CT molecular complexity index is 828. The summed E-state index contributed by atoms with van der Waals surface area (Å²) in [7, 11) is 0.375. The van der Waals surface area contributed by atoms with Crippen LogP contribution in [0.3, 0.4) is 0 Å². The fraction of sp³-hybridized carbons (Fsp3) is 0.389. The second-order valence-electron chi connectivity index (χ2n) is 6.24. The van der Waals surface area contributed by atoms with Gasteiger partial charge in [0.25, 0.3) is 17.5 Å². The number of nitrogens with zero attached hydrogens (tertiary/aromatic N) is 2. The van der Waals surface area contributed by atoms with Gasteiger partial charge in [0.05, 0.1) is 22.4 Å². The molecule has 0 saturated carbocycles. The van der Waals surface area contributed by atoms with E-state index in [9.17, 15) is 19.7 Å². The van der Waals surface area contributed by atoms with Crippen molar-refractivity contribution in [1.29, 1.82) is 0 Å². The molecule has 0 aliphatic carbocycles. The van der Waals surface area contributed by atoms with Gasteiger partial charge < -0.3 is 23.0 Å². The molecule has 0 unspecified atom stereocenters. The van der Waals surface area contributed by atoms with E-state index in [1.807, 2.05) is 0 Å². The second kappa shape index (κ2) is 12.4. The number of hydrogen-bond acceptors (Lipinski definition) is 6. The lowest BCUT2D eigenvalue weighted by Crippen LogP contribution is -3.00. The smallest absolute Gasteiger partial charge is 0.270 e. The number of nitro groups is 1. The van der Waals surface area contributed by atoms with E-state index in [2.05, 4.69) is 28.1 Å². The Kier molecular flexibility index (Phi) is 10.6. The number of non-ortho nitro benzene ring substituents is 1. The van der Waals surface area contributed by atoms with Gasteiger partial charge in [0.15, 0.2) is 0 Å². The van der Waals surface area contributed by atoms with Crippen molar-refractivity contribution in [3.8, 4) is 0 Å². The van der Waals surface area contributed by atoms with Gasteiger partial charge in [-0.25, -0.2) is 4.98 Å². The fourth-order valence-electron chi connectivity index (χ4n) is 2.30. The second-order valence-corrected chi connectivity index (χ2v) is 9.56. The molecule has 0 radical (unpaired) electrons. The normalized spacial score (nSPS) is 10.3. The lowest BCUT2D eigenvalue weighted by Gasteiger charge is -2.04. The van der Waals surface area contributed by atoms with Gasteiger partial charge in [0.1, 0.15) is 11.4 Å². The molecule has 0 aliphatic rings. The van der Waals surface area contributed by atoms with E-state index in [0.717, 1.165) is 17.2 Å². The van der Waals surface area contributed by atoms with E-state index in [1.165, 1.54) is 35.6 Å². The van der Waals surface area contributed by atoms with E-state index in [-0.39, 0.29) is 29.9 Å². The monoisotopic (exact) mass is 458 g/mol. The highest BCUT2D eigenvalue weighted by atomic mass is 35.5. The van der Waals surface area contributed by atoms with Crippen molar-refractivity contribution in [2.75, 3.05) is 31.4 Å². The molecule has 0 aliphatic heterocycles. The first-order valence-corrected chi connectivity index (χ1v) is 11.7. The highest BCUT2D eigenvalue weighted by molar-refractivity contribution is 7.95. The Hall–Kier alpha value is -2.17. The van der Waals surface area contributed by atoms with Crippen LogP contribution in [0, 0.1) is 10.1 Å². The van der Waals surface area contributed by atoms with Crippen molar-refractivity contribution in [3.63, 3.8) is 0 Å². The molecule has 1 heterocycles. The lowest BCUT2D eigenvalue weighted by atomic mass is 10.2. The van der Waals surface area contributed by atoms with E-state index < -0.39 is 4.92 Å². The Labute approximate surface area is 182 Å². The van der Waals surface area contributed by atoms with Crippen LogP contribution in [0.5, 0.6) is 0 Å². The molecule has 8 nitrogen and oxygen atoms in total. The summed E-state index contributed by atoms with van der Waals surface area (Å²) in [5, 5.41) is 18.7. The summed E-state index contributed by atoms with van der Waals surface area (Å²) < 4.78 is 0. The summed E-state index contributed by atoms with van der Waals surface area (Å²) in [6.45, 7) is 1.00. The maximum absolute atomic E-state index is 12.1. The topological polar surface area (TPSA) is 114 Å². The SMILES string of the molecule is C[S+](C)CCCNC(=O)c1csc(CCNC(=O)c2ccc([N+](=O)[O-])cc2)n1.[Cl-]. The molecule has 158 valence electrons. The van der Waals surface area contributed by atoms with Crippen LogP contribution in [0.2, 0.25) is 0 Å². The number of carbonyl (C=O) groups excluding carboxylic acids is 2. The third-order valence-electron chi connectivity index (χ3n) is 3.76. The Morgan fingerprint density at radius 1 is 1.14 bits per heavy atom. The highest BCUT2D eigenvalue weighted by Gasteiger charge is 2.12. The molecule has 0 atom stereocenters. The first kappa shape index (κ1) is 24.9. The van der Waals surface area contributed by atoms with Gasteiger partial charge in [-0.15, -0.1) is 11.3 Å². The number of aromatic nitrogens is 1. The molecule has 0 spiro atoms. The predicted molar refractivity (Wildman–Crippen MR) is 112 cm³/mol. The van der Waals surface area contributed by atoms with Gasteiger partial charge in [0, 0.05) is 49.0 Å². The average Bonchev–Trinajstić information content (AvgIpc) is 3.14. The minimum absolute atomic E-state index is 0. The van der Waals surface area contributed by atoms with E-state index >= 15 is 0 Å². The average molecular weight is 459 g/mol. The van der Waals surface area contributed by atoms with Crippen LogP contribution in [0.25, 0.3) is 0 Å². The molecular formula is C18H23ClN4O4S2. The Morgan fingerprint density at radius 2 is 1.79 bits per heavy atom. The van der Waals surface area contributed by atoms with Crippen molar-refractivity contribution in [1.82, 2.24) is 15.6 Å². The summed E-state index contributed by atoms with van der Waals surface area (Å²) in [6.07, 6.45) is 5.81. The zero-order valence-electron chi connectivity index (χ0n) is 16.1. The molecule has 2 rings (SSSR count). The van der Waals surface area contributed by atoms with Gasteiger partial charge >= 0.3 is 0 Å². The first-order valence-electron chi connectivity index (χ1n) is 8.66. The highest BCUT2D eigenvalue weighted by Crippen LogP contribution is 2.12. The molecule has 1 aromatic heterocycles. The number of thiazole rings is 1. The van der Waals surface area contributed by atoms with Crippen molar-refractivity contribution < 1.29 is 26.9 Å². The Morgan fingerprint density at radius 3 is 2.41 bits per heavy atom. The number of amides is 2. The number of carbonyl (C=O) groups is 2. The third kappa shape index (κ3) is 8.38. The molecular weight excluding hydrogens is 436 g/mol. The number of nitro benzene ring substituents is 1. The molecule has 1 aromatic carbocycles. The van der Waals surface area contributed by atoms with Crippen molar-refractivity contribution in [2.24, 2.45) is 0 Å². The predicted octanol–water partition coefficient (Wildman–Crippen LogP) is -0.974. The third-order valence-corrected chi connectivity index (χ3v) is 5.78. The van der Waals surface area contributed by atoms with Gasteiger partial charge in [-0.05, 0) is 23.0 Å². The zero-order valence-corrected chi connectivity index (χ0v) is 18.5. The maximum Gasteiger partial charge on any atom is 0.270 e. The summed E-state index contributed by atoms with van der Waals surface area (Å²) >= 11 is 1.38. The standard InChI is InChI=1S/C18H22N4O4S2.ClH/c1-28(2)11-3-9-19-18(24)15-12-27-16(21-15)8-10-20-17(23)13-4-6-14(7-5-13)22(25)26;/h4-7,12H,3,8-11H2,1-2H3,(H-,19,20,23,24);1H. The van der Waals surface area contributed by atoms with E-state index in [0.29, 0.717) is 41.7 Å².